The van der Waals surface area contributed by atoms with Gasteiger partial charge in [-0.1, -0.05) is 0 Å². The first-order valence-electron chi connectivity index (χ1n) is 5.39. The molecule has 0 radical (unpaired) electrons. The van der Waals surface area contributed by atoms with E-state index in [1.54, 1.807) is 0 Å². The van der Waals surface area contributed by atoms with E-state index in [1.807, 2.05) is 0 Å². The van der Waals surface area contributed by atoms with E-state index in [-0.39, 0.29) is 18.2 Å². The number of hydrogen-bond donors (Lipinski definition) is 2. The summed E-state index contributed by atoms with van der Waals surface area (Å²) >= 11 is 3.17. The van der Waals surface area contributed by atoms with E-state index in [1.165, 1.54) is 18.2 Å². The van der Waals surface area contributed by atoms with E-state index in [2.05, 4.69) is 21.2 Å². The fourth-order valence-corrected chi connectivity index (χ4v) is 1.79. The number of halogens is 1. The van der Waals surface area contributed by atoms with Crippen molar-refractivity contribution in [3.63, 3.8) is 0 Å². The minimum absolute atomic E-state index is 0.0415. The Labute approximate surface area is 112 Å². The molecule has 6 nitrogen and oxygen atoms in total. The summed E-state index contributed by atoms with van der Waals surface area (Å²) in [6.45, 7) is 0.0640. The van der Waals surface area contributed by atoms with Crippen molar-refractivity contribution in [1.29, 1.82) is 0 Å². The number of nitro groups is 1. The fraction of sp³-hybridized carbons (Fsp3) is 0.364. The van der Waals surface area contributed by atoms with Gasteiger partial charge in [0.05, 0.1) is 10.6 Å². The van der Waals surface area contributed by atoms with Crippen molar-refractivity contribution in [2.45, 2.75) is 19.3 Å². The molecule has 0 aliphatic heterocycles. The molecule has 0 aromatic heterocycles. The number of nitrogens with one attached hydrogen (secondary N) is 1. The van der Waals surface area contributed by atoms with Crippen molar-refractivity contribution < 1.29 is 14.8 Å². The lowest BCUT2D eigenvalue weighted by Crippen LogP contribution is -2.11. The van der Waals surface area contributed by atoms with Gasteiger partial charge in [0.2, 0.25) is 5.91 Å². The van der Waals surface area contributed by atoms with Crippen molar-refractivity contribution in [1.82, 2.24) is 0 Å². The summed E-state index contributed by atoms with van der Waals surface area (Å²) in [6, 6.07) is 4.14. The fourth-order valence-electron chi connectivity index (χ4n) is 1.33. The standard InChI is InChI=1S/C11H13BrN2O4/c12-9-7-8(14(17)18)4-5-10(9)13-11(16)3-1-2-6-15/h4-5,7,15H,1-3,6H2,(H,13,16). The summed E-state index contributed by atoms with van der Waals surface area (Å²) in [4.78, 5) is 21.5. The molecular formula is C11H13BrN2O4. The molecule has 0 heterocycles. The molecule has 1 rings (SSSR count). The van der Waals surface area contributed by atoms with E-state index < -0.39 is 4.92 Å². The number of unbranched alkanes of at least 4 members (excludes halogenated alkanes) is 1. The van der Waals surface area contributed by atoms with Gasteiger partial charge in [0, 0.05) is 29.6 Å². The third-order valence-electron chi connectivity index (χ3n) is 2.25. The number of nitrogens with zero attached hydrogens (tertiary/aromatic N) is 1. The molecule has 2 N–H and O–H groups in total. The third kappa shape index (κ3) is 4.42. The highest BCUT2D eigenvalue weighted by atomic mass is 79.9. The zero-order valence-corrected chi connectivity index (χ0v) is 11.1. The highest BCUT2D eigenvalue weighted by Crippen LogP contribution is 2.27. The maximum atomic E-state index is 11.5. The summed E-state index contributed by atoms with van der Waals surface area (Å²) in [5.41, 5.74) is 0.453. The van der Waals surface area contributed by atoms with Gasteiger partial charge in [-0.05, 0) is 34.8 Å². The van der Waals surface area contributed by atoms with Gasteiger partial charge in [-0.25, -0.2) is 0 Å². The van der Waals surface area contributed by atoms with Crippen LogP contribution in [0.1, 0.15) is 19.3 Å². The zero-order chi connectivity index (χ0) is 13.5. The Kier molecular flexibility index (Phi) is 5.73. The number of anilines is 1. The SMILES string of the molecule is O=C(CCCCO)Nc1ccc([N+](=O)[O-])cc1Br. The second-order valence-corrected chi connectivity index (χ2v) is 4.50. The van der Waals surface area contributed by atoms with Crippen molar-refractivity contribution in [2.24, 2.45) is 0 Å². The topological polar surface area (TPSA) is 92.5 Å². The molecule has 98 valence electrons. The van der Waals surface area contributed by atoms with Gasteiger partial charge in [0.15, 0.2) is 0 Å². The van der Waals surface area contributed by atoms with Gasteiger partial charge >= 0.3 is 0 Å². The molecule has 0 saturated heterocycles. The molecular weight excluding hydrogens is 304 g/mol. The van der Waals surface area contributed by atoms with Crippen LogP contribution < -0.4 is 5.32 Å². The Bertz CT molecular complexity index is 451. The highest BCUT2D eigenvalue weighted by Gasteiger charge is 2.10. The number of aliphatic hydroxyl groups is 1. The Hall–Kier alpha value is -1.47. The minimum atomic E-state index is -0.502. The molecule has 18 heavy (non-hydrogen) atoms. The lowest BCUT2D eigenvalue weighted by Gasteiger charge is -2.06. The van der Waals surface area contributed by atoms with Crippen LogP contribution >= 0.6 is 15.9 Å². The van der Waals surface area contributed by atoms with E-state index in [0.717, 1.165) is 0 Å². The molecule has 0 unspecified atom stereocenters. The number of rotatable bonds is 6. The molecule has 0 fully saturated rings. The van der Waals surface area contributed by atoms with E-state index >= 15 is 0 Å². The number of amides is 1. The first-order chi connectivity index (χ1) is 8.54. The largest absolute Gasteiger partial charge is 0.396 e. The summed E-state index contributed by atoms with van der Waals surface area (Å²) in [5.74, 6) is -0.182. The van der Waals surface area contributed by atoms with Crippen LogP contribution in [0.25, 0.3) is 0 Å². The van der Waals surface area contributed by atoms with Crippen LogP contribution in [-0.4, -0.2) is 22.5 Å². The second kappa shape index (κ2) is 7.07. The summed E-state index contributed by atoms with van der Waals surface area (Å²) in [6.07, 6.45) is 1.49. The van der Waals surface area contributed by atoms with Crippen LogP contribution in [0.15, 0.2) is 22.7 Å². The van der Waals surface area contributed by atoms with E-state index in [0.29, 0.717) is 29.4 Å². The quantitative estimate of drug-likeness (QED) is 0.479. The predicted molar refractivity (Wildman–Crippen MR) is 70.4 cm³/mol. The Balaban J connectivity index is 2.62. The molecule has 0 saturated carbocycles. The smallest absolute Gasteiger partial charge is 0.270 e. The van der Waals surface area contributed by atoms with Crippen molar-refractivity contribution in [2.75, 3.05) is 11.9 Å². The van der Waals surface area contributed by atoms with Crippen LogP contribution in [-0.2, 0) is 4.79 Å². The van der Waals surface area contributed by atoms with E-state index in [9.17, 15) is 14.9 Å². The number of non-ortho nitro benzene ring substituents is 1. The van der Waals surface area contributed by atoms with Crippen LogP contribution in [0.2, 0.25) is 0 Å². The Morgan fingerprint density at radius 1 is 1.44 bits per heavy atom. The average Bonchev–Trinajstić information content (AvgIpc) is 2.32. The monoisotopic (exact) mass is 316 g/mol. The first-order valence-corrected chi connectivity index (χ1v) is 6.18. The second-order valence-electron chi connectivity index (χ2n) is 3.65. The zero-order valence-electron chi connectivity index (χ0n) is 9.56. The maximum Gasteiger partial charge on any atom is 0.270 e. The van der Waals surface area contributed by atoms with Crippen LogP contribution in [0, 0.1) is 10.1 Å². The van der Waals surface area contributed by atoms with Crippen LogP contribution in [0.4, 0.5) is 11.4 Å². The van der Waals surface area contributed by atoms with Gasteiger partial charge < -0.3 is 10.4 Å². The van der Waals surface area contributed by atoms with E-state index in [4.69, 9.17) is 5.11 Å². The maximum absolute atomic E-state index is 11.5. The van der Waals surface area contributed by atoms with Gasteiger partial charge in [-0.2, -0.15) is 0 Å². The summed E-state index contributed by atoms with van der Waals surface area (Å²) in [5, 5.41) is 21.8. The molecule has 1 aromatic carbocycles. The first kappa shape index (κ1) is 14.6. The van der Waals surface area contributed by atoms with Crippen molar-refractivity contribution >= 4 is 33.2 Å². The van der Waals surface area contributed by atoms with Crippen LogP contribution in [0.5, 0.6) is 0 Å². The van der Waals surface area contributed by atoms with Gasteiger partial charge in [0.1, 0.15) is 0 Å². The Morgan fingerprint density at radius 3 is 2.72 bits per heavy atom. The number of hydrogen-bond acceptors (Lipinski definition) is 4. The molecule has 0 aliphatic carbocycles. The lowest BCUT2D eigenvalue weighted by atomic mass is 10.2. The molecule has 0 bridgehead atoms. The normalized spacial score (nSPS) is 10.1. The van der Waals surface area contributed by atoms with Gasteiger partial charge in [-0.3, -0.25) is 14.9 Å². The lowest BCUT2D eigenvalue weighted by molar-refractivity contribution is -0.384. The Morgan fingerprint density at radius 2 is 2.17 bits per heavy atom. The number of carbonyl (C=O) groups excluding carboxylic acids is 1. The van der Waals surface area contributed by atoms with Crippen molar-refractivity contribution in [3.05, 3.63) is 32.8 Å². The third-order valence-corrected chi connectivity index (χ3v) is 2.91. The minimum Gasteiger partial charge on any atom is -0.396 e. The number of carbonyl (C=O) groups is 1. The number of nitro benzene ring substituents is 1. The van der Waals surface area contributed by atoms with Crippen molar-refractivity contribution in [3.8, 4) is 0 Å². The van der Waals surface area contributed by atoms with Gasteiger partial charge in [-0.15, -0.1) is 0 Å². The molecule has 0 atom stereocenters. The summed E-state index contributed by atoms with van der Waals surface area (Å²) in [7, 11) is 0. The molecule has 0 aliphatic rings. The number of benzene rings is 1. The predicted octanol–water partition coefficient (Wildman–Crippen LogP) is 2.46. The molecule has 1 aromatic rings. The molecule has 0 spiro atoms. The number of aliphatic hydroxyl groups excluding tert-OH is 1. The highest BCUT2D eigenvalue weighted by molar-refractivity contribution is 9.10. The molecule has 1 amide bonds. The van der Waals surface area contributed by atoms with Crippen LogP contribution in [0.3, 0.4) is 0 Å². The van der Waals surface area contributed by atoms with Gasteiger partial charge in [0.25, 0.3) is 5.69 Å². The molecule has 7 heteroatoms. The average molecular weight is 317 g/mol. The summed E-state index contributed by atoms with van der Waals surface area (Å²) < 4.78 is 0.465.